The van der Waals surface area contributed by atoms with Crippen molar-refractivity contribution >= 4 is 23.4 Å². The van der Waals surface area contributed by atoms with Gasteiger partial charge in [-0.25, -0.2) is 4.98 Å². The Bertz CT molecular complexity index is 657. The summed E-state index contributed by atoms with van der Waals surface area (Å²) in [5.41, 5.74) is -0.704. The largest absolute Gasteiger partial charge is 0.416 e. The summed E-state index contributed by atoms with van der Waals surface area (Å²) in [6.07, 6.45) is -3.74. The smallest absolute Gasteiger partial charge is 0.325 e. The number of benzene rings is 1. The minimum absolute atomic E-state index is 0.0112. The summed E-state index contributed by atoms with van der Waals surface area (Å²) < 4.78 is 37.7. The van der Waals surface area contributed by atoms with Crippen molar-refractivity contribution < 1.29 is 18.0 Å². The highest BCUT2D eigenvalue weighted by molar-refractivity contribution is 7.99. The molecule has 22 heavy (non-hydrogen) atoms. The first-order valence-corrected chi connectivity index (χ1v) is 7.38. The van der Waals surface area contributed by atoms with Crippen LogP contribution in [0.2, 0.25) is 0 Å². The van der Waals surface area contributed by atoms with Crippen LogP contribution in [0.4, 0.5) is 18.9 Å². The summed E-state index contributed by atoms with van der Waals surface area (Å²) in [6, 6.07) is 4.49. The van der Waals surface area contributed by atoms with E-state index in [2.05, 4.69) is 20.5 Å². The van der Waals surface area contributed by atoms with Gasteiger partial charge >= 0.3 is 6.18 Å². The van der Waals surface area contributed by atoms with Crippen molar-refractivity contribution in [2.45, 2.75) is 24.7 Å². The number of amides is 1. The Hall–Kier alpha value is -2.03. The highest BCUT2D eigenvalue weighted by Gasteiger charge is 2.30. The molecule has 0 saturated heterocycles. The highest BCUT2D eigenvalue weighted by Crippen LogP contribution is 2.30. The number of nitrogens with one attached hydrogen (secondary N) is 2. The van der Waals surface area contributed by atoms with Gasteiger partial charge in [-0.1, -0.05) is 24.8 Å². The zero-order valence-electron chi connectivity index (χ0n) is 11.6. The van der Waals surface area contributed by atoms with E-state index in [1.807, 2.05) is 6.92 Å². The third-order valence-corrected chi connectivity index (χ3v) is 3.50. The van der Waals surface area contributed by atoms with Crippen molar-refractivity contribution in [1.29, 1.82) is 0 Å². The zero-order valence-corrected chi connectivity index (χ0v) is 12.4. The second kappa shape index (κ2) is 6.82. The molecule has 0 unspecified atom stereocenters. The lowest BCUT2D eigenvalue weighted by Crippen LogP contribution is -2.15. The number of aryl methyl sites for hydroxylation is 1. The number of nitrogens with zero attached hydrogens (tertiary/aromatic N) is 2. The average Bonchev–Trinajstić information content (AvgIpc) is 2.92. The average molecular weight is 330 g/mol. The van der Waals surface area contributed by atoms with E-state index < -0.39 is 17.6 Å². The molecule has 2 N–H and O–H groups in total. The topological polar surface area (TPSA) is 70.7 Å². The summed E-state index contributed by atoms with van der Waals surface area (Å²) in [4.78, 5) is 15.9. The van der Waals surface area contributed by atoms with E-state index in [1.165, 1.54) is 12.1 Å². The number of anilines is 1. The molecular weight excluding hydrogens is 317 g/mol. The van der Waals surface area contributed by atoms with Crippen molar-refractivity contribution in [3.05, 3.63) is 35.7 Å². The van der Waals surface area contributed by atoms with Gasteiger partial charge in [-0.05, 0) is 18.2 Å². The van der Waals surface area contributed by atoms with E-state index in [9.17, 15) is 18.0 Å². The molecule has 0 atom stereocenters. The number of rotatable bonds is 5. The predicted molar refractivity (Wildman–Crippen MR) is 76.6 cm³/mol. The summed E-state index contributed by atoms with van der Waals surface area (Å²) in [6.45, 7) is 1.91. The third kappa shape index (κ3) is 4.48. The first-order valence-electron chi connectivity index (χ1n) is 6.39. The molecule has 1 amide bonds. The van der Waals surface area contributed by atoms with Gasteiger partial charge in [-0.2, -0.15) is 13.2 Å². The minimum Gasteiger partial charge on any atom is -0.325 e. The van der Waals surface area contributed by atoms with Gasteiger partial charge in [-0.3, -0.25) is 9.89 Å². The first kappa shape index (κ1) is 16.3. The van der Waals surface area contributed by atoms with E-state index in [4.69, 9.17) is 0 Å². The summed E-state index contributed by atoms with van der Waals surface area (Å²) in [5, 5.41) is 9.47. The number of aromatic amines is 1. The molecule has 0 fully saturated rings. The SMILES string of the molecule is CCc1nc(SCC(=O)Nc2cccc(C(F)(F)F)c2)n[nH]1. The van der Waals surface area contributed by atoms with Gasteiger partial charge in [0.1, 0.15) is 5.82 Å². The molecule has 2 aromatic rings. The number of thioether (sulfide) groups is 1. The summed E-state index contributed by atoms with van der Waals surface area (Å²) >= 11 is 1.11. The van der Waals surface area contributed by atoms with Crippen molar-refractivity contribution in [2.75, 3.05) is 11.1 Å². The maximum atomic E-state index is 12.6. The van der Waals surface area contributed by atoms with E-state index in [1.54, 1.807) is 0 Å². The van der Waals surface area contributed by atoms with Gasteiger partial charge in [0.05, 0.1) is 11.3 Å². The lowest BCUT2D eigenvalue weighted by atomic mass is 10.2. The molecule has 5 nitrogen and oxygen atoms in total. The maximum absolute atomic E-state index is 12.6. The van der Waals surface area contributed by atoms with E-state index in [-0.39, 0.29) is 11.4 Å². The molecule has 1 aromatic carbocycles. The second-order valence-electron chi connectivity index (χ2n) is 4.33. The van der Waals surface area contributed by atoms with Gasteiger partial charge in [0.2, 0.25) is 11.1 Å². The quantitative estimate of drug-likeness (QED) is 0.827. The normalized spacial score (nSPS) is 11.5. The molecule has 2 rings (SSSR count). The van der Waals surface area contributed by atoms with Crippen LogP contribution in [0.15, 0.2) is 29.4 Å². The van der Waals surface area contributed by atoms with Gasteiger partial charge in [0.25, 0.3) is 0 Å². The van der Waals surface area contributed by atoms with Crippen LogP contribution in [0.5, 0.6) is 0 Å². The van der Waals surface area contributed by atoms with Crippen LogP contribution in [0.25, 0.3) is 0 Å². The van der Waals surface area contributed by atoms with Crippen molar-refractivity contribution in [3.8, 4) is 0 Å². The molecule has 0 aliphatic heterocycles. The summed E-state index contributed by atoms with van der Waals surface area (Å²) in [5.74, 6) is 0.296. The lowest BCUT2D eigenvalue weighted by molar-refractivity contribution is -0.137. The number of alkyl halides is 3. The monoisotopic (exact) mass is 330 g/mol. The molecule has 0 aliphatic rings. The van der Waals surface area contributed by atoms with Gasteiger partial charge in [-0.15, -0.1) is 5.10 Å². The Labute approximate surface area is 128 Å². The van der Waals surface area contributed by atoms with Crippen molar-refractivity contribution in [1.82, 2.24) is 15.2 Å². The number of halogens is 3. The van der Waals surface area contributed by atoms with E-state index >= 15 is 0 Å². The Morgan fingerprint density at radius 1 is 1.41 bits per heavy atom. The number of hydrogen-bond donors (Lipinski definition) is 2. The minimum atomic E-state index is -4.44. The molecular formula is C13H13F3N4OS. The van der Waals surface area contributed by atoms with Crippen molar-refractivity contribution in [2.24, 2.45) is 0 Å². The van der Waals surface area contributed by atoms with Crippen LogP contribution >= 0.6 is 11.8 Å². The fourth-order valence-electron chi connectivity index (χ4n) is 1.60. The van der Waals surface area contributed by atoms with E-state index in [0.29, 0.717) is 17.4 Å². The standard InChI is InChI=1S/C13H13F3N4OS/c1-2-10-18-12(20-19-10)22-7-11(21)17-9-5-3-4-8(6-9)13(14,15)16/h3-6H,2,7H2,1H3,(H,17,21)(H,18,19,20). The fraction of sp³-hybridized carbons (Fsp3) is 0.308. The van der Waals surface area contributed by atoms with Crippen LogP contribution in [0.3, 0.4) is 0 Å². The molecule has 0 bridgehead atoms. The molecule has 0 saturated carbocycles. The van der Waals surface area contributed by atoms with Crippen LogP contribution < -0.4 is 5.32 Å². The Morgan fingerprint density at radius 2 is 2.18 bits per heavy atom. The number of carbonyl (C=O) groups excluding carboxylic acids is 1. The number of H-pyrrole nitrogens is 1. The molecule has 0 spiro atoms. The lowest BCUT2D eigenvalue weighted by Gasteiger charge is -2.09. The van der Waals surface area contributed by atoms with E-state index in [0.717, 1.165) is 23.9 Å². The zero-order chi connectivity index (χ0) is 16.2. The van der Waals surface area contributed by atoms with Crippen LogP contribution in [-0.2, 0) is 17.4 Å². The molecule has 0 aliphatic carbocycles. The van der Waals surface area contributed by atoms with Crippen LogP contribution in [0, 0.1) is 0 Å². The maximum Gasteiger partial charge on any atom is 0.416 e. The molecule has 1 aromatic heterocycles. The second-order valence-corrected chi connectivity index (χ2v) is 5.28. The van der Waals surface area contributed by atoms with Crippen LogP contribution in [-0.4, -0.2) is 26.8 Å². The predicted octanol–water partition coefficient (Wildman–Crippen LogP) is 3.12. The Balaban J connectivity index is 1.92. The fourth-order valence-corrected chi connectivity index (χ4v) is 2.22. The number of aromatic nitrogens is 3. The van der Waals surface area contributed by atoms with Crippen molar-refractivity contribution in [3.63, 3.8) is 0 Å². The number of hydrogen-bond acceptors (Lipinski definition) is 4. The van der Waals surface area contributed by atoms with Gasteiger partial charge in [0, 0.05) is 12.1 Å². The van der Waals surface area contributed by atoms with Gasteiger partial charge < -0.3 is 5.32 Å². The first-order chi connectivity index (χ1) is 10.4. The molecule has 118 valence electrons. The Kier molecular flexibility index (Phi) is 5.07. The highest BCUT2D eigenvalue weighted by atomic mass is 32.2. The molecule has 9 heteroatoms. The van der Waals surface area contributed by atoms with Crippen LogP contribution in [0.1, 0.15) is 18.3 Å². The Morgan fingerprint density at radius 3 is 2.82 bits per heavy atom. The molecule has 1 heterocycles. The molecule has 0 radical (unpaired) electrons. The number of carbonyl (C=O) groups is 1. The van der Waals surface area contributed by atoms with Gasteiger partial charge in [0.15, 0.2) is 0 Å². The summed E-state index contributed by atoms with van der Waals surface area (Å²) in [7, 11) is 0. The third-order valence-electron chi connectivity index (χ3n) is 2.65.